The molecule has 4 N–H and O–H groups in total. The lowest BCUT2D eigenvalue weighted by molar-refractivity contribution is 0.0962. The predicted molar refractivity (Wildman–Crippen MR) is 42.1 cm³/mol. The van der Waals surface area contributed by atoms with Crippen LogP contribution < -0.4 is 11.6 Å². The van der Waals surface area contributed by atoms with Crippen molar-refractivity contribution in [2.24, 2.45) is 17.0 Å². The lowest BCUT2D eigenvalue weighted by Crippen LogP contribution is -2.54. The van der Waals surface area contributed by atoms with Crippen LogP contribution in [-0.4, -0.2) is 24.1 Å². The van der Waals surface area contributed by atoms with E-state index < -0.39 is 0 Å². The highest BCUT2D eigenvalue weighted by Gasteiger charge is 2.31. The molecule has 0 spiro atoms. The van der Waals surface area contributed by atoms with E-state index in [1.807, 2.05) is 5.01 Å². The van der Waals surface area contributed by atoms with Crippen LogP contribution in [0.3, 0.4) is 0 Å². The van der Waals surface area contributed by atoms with Gasteiger partial charge in [-0.05, 0) is 11.8 Å². The Bertz CT molecular complexity index is 122. The zero-order chi connectivity index (χ0) is 7.78. The average Bonchev–Trinajstić information content (AvgIpc) is 1.78. The van der Waals surface area contributed by atoms with Crippen molar-refractivity contribution >= 4 is 0 Å². The van der Waals surface area contributed by atoms with Gasteiger partial charge in [-0.15, -0.1) is 0 Å². The molecule has 3 heteroatoms. The van der Waals surface area contributed by atoms with Crippen molar-refractivity contribution in [3.05, 3.63) is 0 Å². The second-order valence-corrected chi connectivity index (χ2v) is 3.85. The summed E-state index contributed by atoms with van der Waals surface area (Å²) < 4.78 is 0. The Labute approximate surface area is 62.3 Å². The third-order valence-electron chi connectivity index (χ3n) is 2.34. The van der Waals surface area contributed by atoms with E-state index in [0.717, 1.165) is 19.5 Å². The van der Waals surface area contributed by atoms with Crippen LogP contribution in [0.5, 0.6) is 0 Å². The van der Waals surface area contributed by atoms with E-state index in [1.54, 1.807) is 0 Å². The standard InChI is InChI=1S/C7H17N3/c1-7(2)5-10(9)4-3-6(7)8/h6H,3-5,8-9H2,1-2H3. The van der Waals surface area contributed by atoms with Gasteiger partial charge in [-0.2, -0.15) is 0 Å². The van der Waals surface area contributed by atoms with Crippen LogP contribution >= 0.6 is 0 Å². The Morgan fingerprint density at radius 1 is 1.50 bits per heavy atom. The fraction of sp³-hybridized carbons (Fsp3) is 1.00. The number of hydrogen-bond acceptors (Lipinski definition) is 3. The number of hydrazine groups is 1. The molecule has 0 aromatic rings. The summed E-state index contributed by atoms with van der Waals surface area (Å²) in [5.41, 5.74) is 6.08. The van der Waals surface area contributed by atoms with Crippen molar-refractivity contribution in [3.63, 3.8) is 0 Å². The first-order valence-corrected chi connectivity index (χ1v) is 3.77. The lowest BCUT2D eigenvalue weighted by Gasteiger charge is -2.40. The first-order chi connectivity index (χ1) is 4.52. The van der Waals surface area contributed by atoms with Crippen LogP contribution in [0.4, 0.5) is 0 Å². The minimum atomic E-state index is 0.188. The van der Waals surface area contributed by atoms with Gasteiger partial charge in [0, 0.05) is 19.1 Å². The van der Waals surface area contributed by atoms with Gasteiger partial charge >= 0.3 is 0 Å². The quantitative estimate of drug-likeness (QED) is 0.466. The highest BCUT2D eigenvalue weighted by Crippen LogP contribution is 2.25. The number of hydrogen-bond donors (Lipinski definition) is 2. The van der Waals surface area contributed by atoms with Gasteiger partial charge in [0.05, 0.1) is 0 Å². The molecule has 0 aromatic carbocycles. The second kappa shape index (κ2) is 2.49. The third kappa shape index (κ3) is 1.48. The largest absolute Gasteiger partial charge is 0.327 e. The summed E-state index contributed by atoms with van der Waals surface area (Å²) in [6, 6.07) is 0.312. The molecule has 1 saturated heterocycles. The fourth-order valence-corrected chi connectivity index (χ4v) is 1.42. The Morgan fingerprint density at radius 2 is 2.10 bits per heavy atom. The molecule has 60 valence electrons. The summed E-state index contributed by atoms with van der Waals surface area (Å²) in [5, 5.41) is 1.85. The molecular weight excluding hydrogens is 126 g/mol. The molecule has 1 aliphatic rings. The molecule has 0 radical (unpaired) electrons. The van der Waals surface area contributed by atoms with E-state index in [4.69, 9.17) is 11.6 Å². The zero-order valence-corrected chi connectivity index (χ0v) is 6.80. The number of rotatable bonds is 0. The molecule has 0 aromatic heterocycles. The van der Waals surface area contributed by atoms with Crippen molar-refractivity contribution in [1.82, 2.24) is 5.01 Å². The van der Waals surface area contributed by atoms with Gasteiger partial charge in [-0.25, -0.2) is 5.01 Å². The predicted octanol–water partition coefficient (Wildman–Crippen LogP) is -0.0807. The molecular formula is C7H17N3. The summed E-state index contributed by atoms with van der Waals surface area (Å²) in [6.45, 7) is 6.17. The first-order valence-electron chi connectivity index (χ1n) is 3.77. The molecule has 0 bridgehead atoms. The molecule has 0 aliphatic carbocycles. The van der Waals surface area contributed by atoms with E-state index in [0.29, 0.717) is 6.04 Å². The highest BCUT2D eigenvalue weighted by atomic mass is 15.4. The normalized spacial score (nSPS) is 34.2. The van der Waals surface area contributed by atoms with E-state index in [-0.39, 0.29) is 5.41 Å². The van der Waals surface area contributed by atoms with Crippen LogP contribution in [0, 0.1) is 5.41 Å². The summed E-state index contributed by atoms with van der Waals surface area (Å²) >= 11 is 0. The van der Waals surface area contributed by atoms with Crippen molar-refractivity contribution in [2.45, 2.75) is 26.3 Å². The molecule has 0 saturated carbocycles. The SMILES string of the molecule is CC1(C)CN(N)CCC1N. The van der Waals surface area contributed by atoms with Crippen LogP contribution in [-0.2, 0) is 0 Å². The summed E-state index contributed by atoms with van der Waals surface area (Å²) in [4.78, 5) is 0. The van der Waals surface area contributed by atoms with Crippen LogP contribution in [0.15, 0.2) is 0 Å². The minimum absolute atomic E-state index is 0.188. The first kappa shape index (κ1) is 7.98. The summed E-state index contributed by atoms with van der Waals surface area (Å²) in [6.07, 6.45) is 1.02. The molecule has 1 aliphatic heterocycles. The van der Waals surface area contributed by atoms with Crippen molar-refractivity contribution < 1.29 is 0 Å². The maximum Gasteiger partial charge on any atom is 0.0194 e. The minimum Gasteiger partial charge on any atom is -0.327 e. The van der Waals surface area contributed by atoms with E-state index >= 15 is 0 Å². The number of nitrogens with zero attached hydrogens (tertiary/aromatic N) is 1. The Morgan fingerprint density at radius 3 is 2.50 bits per heavy atom. The molecule has 0 amide bonds. The van der Waals surface area contributed by atoms with Crippen LogP contribution in [0.1, 0.15) is 20.3 Å². The maximum absolute atomic E-state index is 5.89. The van der Waals surface area contributed by atoms with Gasteiger partial charge in [-0.1, -0.05) is 13.8 Å². The highest BCUT2D eigenvalue weighted by molar-refractivity contribution is 4.87. The average molecular weight is 143 g/mol. The lowest BCUT2D eigenvalue weighted by atomic mass is 9.80. The topological polar surface area (TPSA) is 55.3 Å². The summed E-state index contributed by atoms with van der Waals surface area (Å²) in [7, 11) is 0. The smallest absolute Gasteiger partial charge is 0.0194 e. The fourth-order valence-electron chi connectivity index (χ4n) is 1.42. The second-order valence-electron chi connectivity index (χ2n) is 3.85. The van der Waals surface area contributed by atoms with Crippen molar-refractivity contribution in [2.75, 3.05) is 13.1 Å². The molecule has 1 fully saturated rings. The number of piperidine rings is 1. The zero-order valence-electron chi connectivity index (χ0n) is 6.80. The molecule has 1 atom stereocenters. The van der Waals surface area contributed by atoms with Gasteiger partial charge in [-0.3, -0.25) is 5.84 Å². The Balaban J connectivity index is 2.55. The van der Waals surface area contributed by atoms with Gasteiger partial charge < -0.3 is 5.73 Å². The Hall–Kier alpha value is -0.120. The summed E-state index contributed by atoms with van der Waals surface area (Å²) in [5.74, 6) is 5.65. The van der Waals surface area contributed by atoms with Crippen LogP contribution in [0.25, 0.3) is 0 Å². The molecule has 1 unspecified atom stereocenters. The number of nitrogens with two attached hydrogens (primary N) is 2. The molecule has 10 heavy (non-hydrogen) atoms. The van der Waals surface area contributed by atoms with Gasteiger partial charge in [0.25, 0.3) is 0 Å². The van der Waals surface area contributed by atoms with Crippen molar-refractivity contribution in [1.29, 1.82) is 0 Å². The van der Waals surface area contributed by atoms with Gasteiger partial charge in [0.1, 0.15) is 0 Å². The molecule has 1 rings (SSSR count). The van der Waals surface area contributed by atoms with Crippen molar-refractivity contribution in [3.8, 4) is 0 Å². The third-order valence-corrected chi connectivity index (χ3v) is 2.34. The van der Waals surface area contributed by atoms with Crippen LogP contribution in [0.2, 0.25) is 0 Å². The van der Waals surface area contributed by atoms with Gasteiger partial charge in [0.2, 0.25) is 0 Å². The van der Waals surface area contributed by atoms with E-state index in [9.17, 15) is 0 Å². The van der Waals surface area contributed by atoms with E-state index in [1.165, 1.54) is 0 Å². The van der Waals surface area contributed by atoms with E-state index in [2.05, 4.69) is 13.8 Å². The maximum atomic E-state index is 5.89. The van der Waals surface area contributed by atoms with Gasteiger partial charge in [0.15, 0.2) is 0 Å². The Kier molecular flexibility index (Phi) is 1.99. The molecule has 3 nitrogen and oxygen atoms in total. The monoisotopic (exact) mass is 143 g/mol. The molecule has 1 heterocycles.